The van der Waals surface area contributed by atoms with Crippen LogP contribution in [-0.4, -0.2) is 23.5 Å². The SMILES string of the molecule is CCOC(=O)c1csc(NC(=O)c2cc(F)c(Cl)cc2Cl)n1. The van der Waals surface area contributed by atoms with Crippen molar-refractivity contribution in [2.24, 2.45) is 0 Å². The number of amides is 1. The molecule has 0 saturated heterocycles. The van der Waals surface area contributed by atoms with Crippen LogP contribution in [0, 0.1) is 5.82 Å². The summed E-state index contributed by atoms with van der Waals surface area (Å²) in [7, 11) is 0. The highest BCUT2D eigenvalue weighted by Gasteiger charge is 2.17. The molecule has 116 valence electrons. The Labute approximate surface area is 139 Å². The molecule has 0 fully saturated rings. The van der Waals surface area contributed by atoms with Gasteiger partial charge in [0.2, 0.25) is 0 Å². The average molecular weight is 363 g/mol. The van der Waals surface area contributed by atoms with E-state index in [1.54, 1.807) is 6.92 Å². The predicted molar refractivity (Wildman–Crippen MR) is 82.4 cm³/mol. The van der Waals surface area contributed by atoms with Gasteiger partial charge in [-0.05, 0) is 19.1 Å². The summed E-state index contributed by atoms with van der Waals surface area (Å²) in [6.45, 7) is 1.89. The van der Waals surface area contributed by atoms with E-state index >= 15 is 0 Å². The Morgan fingerprint density at radius 3 is 2.77 bits per heavy atom. The molecular weight excluding hydrogens is 354 g/mol. The first-order chi connectivity index (χ1) is 10.4. The standard InChI is InChI=1S/C13H9Cl2FN2O3S/c1-2-21-12(20)10-5-22-13(17-10)18-11(19)6-3-9(16)8(15)4-7(6)14/h3-5H,2H2,1H3,(H,17,18,19). The fraction of sp³-hybridized carbons (Fsp3) is 0.154. The number of benzene rings is 1. The van der Waals surface area contributed by atoms with Crippen molar-refractivity contribution in [3.05, 3.63) is 44.6 Å². The molecule has 0 spiro atoms. The van der Waals surface area contributed by atoms with Gasteiger partial charge in [0.1, 0.15) is 5.82 Å². The van der Waals surface area contributed by atoms with E-state index in [4.69, 9.17) is 27.9 Å². The quantitative estimate of drug-likeness (QED) is 0.658. The number of thiazole rings is 1. The lowest BCUT2D eigenvalue weighted by Crippen LogP contribution is -2.13. The predicted octanol–water partition coefficient (Wildman–Crippen LogP) is 4.02. The van der Waals surface area contributed by atoms with Gasteiger partial charge in [0.15, 0.2) is 10.8 Å². The highest BCUT2D eigenvalue weighted by molar-refractivity contribution is 7.14. The van der Waals surface area contributed by atoms with Gasteiger partial charge in [0.05, 0.1) is 22.2 Å². The molecule has 0 unspecified atom stereocenters. The first-order valence-electron chi connectivity index (χ1n) is 6.01. The van der Waals surface area contributed by atoms with E-state index < -0.39 is 17.7 Å². The Morgan fingerprint density at radius 2 is 2.09 bits per heavy atom. The van der Waals surface area contributed by atoms with Crippen molar-refractivity contribution in [3.8, 4) is 0 Å². The van der Waals surface area contributed by atoms with Crippen LogP contribution in [0.2, 0.25) is 10.0 Å². The minimum Gasteiger partial charge on any atom is -0.461 e. The molecule has 0 aliphatic carbocycles. The third-order valence-corrected chi connectivity index (χ3v) is 3.82. The average Bonchev–Trinajstić information content (AvgIpc) is 2.91. The lowest BCUT2D eigenvalue weighted by molar-refractivity contribution is 0.0520. The molecule has 0 aliphatic rings. The zero-order chi connectivity index (χ0) is 16.3. The molecule has 1 aromatic heterocycles. The summed E-state index contributed by atoms with van der Waals surface area (Å²) in [5.41, 5.74) is -0.00742. The van der Waals surface area contributed by atoms with Crippen LogP contribution in [-0.2, 0) is 4.74 Å². The summed E-state index contributed by atoms with van der Waals surface area (Å²) in [5, 5.41) is 3.86. The van der Waals surface area contributed by atoms with Crippen LogP contribution in [0.4, 0.5) is 9.52 Å². The van der Waals surface area contributed by atoms with Crippen molar-refractivity contribution >= 4 is 51.5 Å². The zero-order valence-electron chi connectivity index (χ0n) is 11.2. The van der Waals surface area contributed by atoms with Gasteiger partial charge in [-0.15, -0.1) is 11.3 Å². The number of carbonyl (C=O) groups excluding carboxylic acids is 2. The first kappa shape index (κ1) is 16.7. The Hall–Kier alpha value is -1.70. The summed E-state index contributed by atoms with van der Waals surface area (Å²) < 4.78 is 18.2. The number of rotatable bonds is 4. The highest BCUT2D eigenvalue weighted by Crippen LogP contribution is 2.25. The van der Waals surface area contributed by atoms with E-state index in [-0.39, 0.29) is 33.0 Å². The lowest BCUT2D eigenvalue weighted by Gasteiger charge is -2.05. The summed E-state index contributed by atoms with van der Waals surface area (Å²) in [4.78, 5) is 27.4. The molecule has 1 N–H and O–H groups in total. The van der Waals surface area contributed by atoms with Gasteiger partial charge in [-0.25, -0.2) is 14.2 Å². The molecule has 5 nitrogen and oxygen atoms in total. The molecule has 22 heavy (non-hydrogen) atoms. The van der Waals surface area contributed by atoms with Crippen molar-refractivity contribution in [2.75, 3.05) is 11.9 Å². The van der Waals surface area contributed by atoms with E-state index in [9.17, 15) is 14.0 Å². The Balaban J connectivity index is 2.16. The van der Waals surface area contributed by atoms with Crippen LogP contribution >= 0.6 is 34.5 Å². The monoisotopic (exact) mass is 362 g/mol. The van der Waals surface area contributed by atoms with Crippen LogP contribution < -0.4 is 5.32 Å². The number of aromatic nitrogens is 1. The van der Waals surface area contributed by atoms with Crippen LogP contribution in [0.25, 0.3) is 0 Å². The molecule has 0 saturated carbocycles. The smallest absolute Gasteiger partial charge is 0.357 e. The normalized spacial score (nSPS) is 10.4. The third kappa shape index (κ3) is 3.73. The van der Waals surface area contributed by atoms with Gasteiger partial charge >= 0.3 is 5.97 Å². The summed E-state index contributed by atoms with van der Waals surface area (Å²) in [5.74, 6) is -2.01. The number of nitrogens with zero attached hydrogens (tertiary/aromatic N) is 1. The highest BCUT2D eigenvalue weighted by atomic mass is 35.5. The number of anilines is 1. The number of hydrogen-bond donors (Lipinski definition) is 1. The minimum atomic E-state index is -0.762. The Morgan fingerprint density at radius 1 is 1.36 bits per heavy atom. The van der Waals surface area contributed by atoms with Crippen molar-refractivity contribution < 1.29 is 18.7 Å². The van der Waals surface area contributed by atoms with Crippen LogP contribution in [0.1, 0.15) is 27.8 Å². The van der Waals surface area contributed by atoms with E-state index in [1.165, 1.54) is 5.38 Å². The maximum atomic E-state index is 13.4. The molecule has 0 bridgehead atoms. The number of ether oxygens (including phenoxy) is 1. The fourth-order valence-electron chi connectivity index (χ4n) is 1.49. The summed E-state index contributed by atoms with van der Waals surface area (Å²) in [6.07, 6.45) is 0. The molecule has 2 aromatic rings. The molecule has 1 aromatic carbocycles. The molecular formula is C13H9Cl2FN2O3S. The number of esters is 1. The topological polar surface area (TPSA) is 68.3 Å². The Bertz CT molecular complexity index is 736. The summed E-state index contributed by atoms with van der Waals surface area (Å²) in [6, 6.07) is 2.07. The van der Waals surface area contributed by atoms with Gasteiger partial charge in [-0.3, -0.25) is 10.1 Å². The molecule has 0 atom stereocenters. The number of carbonyl (C=O) groups is 2. The van der Waals surface area contributed by atoms with Crippen LogP contribution in [0.15, 0.2) is 17.5 Å². The van der Waals surface area contributed by atoms with E-state index in [0.717, 1.165) is 23.5 Å². The molecule has 1 heterocycles. The van der Waals surface area contributed by atoms with E-state index in [1.807, 2.05) is 0 Å². The first-order valence-corrected chi connectivity index (χ1v) is 7.64. The second-order valence-corrected chi connectivity index (χ2v) is 5.63. The Kier molecular flexibility index (Phi) is 5.33. The van der Waals surface area contributed by atoms with Gasteiger partial charge in [0, 0.05) is 5.38 Å². The largest absolute Gasteiger partial charge is 0.461 e. The maximum Gasteiger partial charge on any atom is 0.357 e. The molecule has 1 amide bonds. The lowest BCUT2D eigenvalue weighted by atomic mass is 10.2. The summed E-state index contributed by atoms with van der Waals surface area (Å²) >= 11 is 12.5. The van der Waals surface area contributed by atoms with Crippen molar-refractivity contribution in [1.82, 2.24) is 4.98 Å². The molecule has 2 rings (SSSR count). The second-order valence-electron chi connectivity index (χ2n) is 3.96. The van der Waals surface area contributed by atoms with Gasteiger partial charge in [-0.1, -0.05) is 23.2 Å². The minimum absolute atomic E-state index is 0.00562. The number of halogens is 3. The van der Waals surface area contributed by atoms with Gasteiger partial charge < -0.3 is 4.74 Å². The van der Waals surface area contributed by atoms with Gasteiger partial charge in [0.25, 0.3) is 5.91 Å². The third-order valence-electron chi connectivity index (χ3n) is 2.46. The van der Waals surface area contributed by atoms with E-state index in [0.29, 0.717) is 0 Å². The van der Waals surface area contributed by atoms with Crippen molar-refractivity contribution in [2.45, 2.75) is 6.92 Å². The van der Waals surface area contributed by atoms with Crippen LogP contribution in [0.5, 0.6) is 0 Å². The van der Waals surface area contributed by atoms with Crippen molar-refractivity contribution in [3.63, 3.8) is 0 Å². The van der Waals surface area contributed by atoms with Gasteiger partial charge in [-0.2, -0.15) is 0 Å². The fourth-order valence-corrected chi connectivity index (χ4v) is 2.63. The zero-order valence-corrected chi connectivity index (χ0v) is 13.5. The second kappa shape index (κ2) is 7.04. The number of hydrogen-bond acceptors (Lipinski definition) is 5. The van der Waals surface area contributed by atoms with Crippen molar-refractivity contribution in [1.29, 1.82) is 0 Å². The molecule has 9 heteroatoms. The maximum absolute atomic E-state index is 13.4. The van der Waals surface area contributed by atoms with Crippen LogP contribution in [0.3, 0.4) is 0 Å². The molecule has 0 radical (unpaired) electrons. The van der Waals surface area contributed by atoms with E-state index in [2.05, 4.69) is 10.3 Å². The number of nitrogens with one attached hydrogen (secondary N) is 1. The molecule has 0 aliphatic heterocycles.